The fourth-order valence-electron chi connectivity index (χ4n) is 2.90. The summed E-state index contributed by atoms with van der Waals surface area (Å²) in [6.07, 6.45) is 0.712. The van der Waals surface area contributed by atoms with Crippen LogP contribution in [0.5, 0.6) is 5.75 Å². The predicted molar refractivity (Wildman–Crippen MR) is 129 cm³/mol. The summed E-state index contributed by atoms with van der Waals surface area (Å²) in [6.45, 7) is 6.56. The molecule has 0 heterocycles. The van der Waals surface area contributed by atoms with Crippen molar-refractivity contribution in [2.24, 2.45) is 5.92 Å². The van der Waals surface area contributed by atoms with Crippen LogP contribution in [0.1, 0.15) is 60.7 Å². The third kappa shape index (κ3) is 9.05. The molecule has 8 heteroatoms. The Morgan fingerprint density at radius 2 is 1.65 bits per heavy atom. The fraction of sp³-hybridized carbons (Fsp3) is 0.385. The van der Waals surface area contributed by atoms with E-state index >= 15 is 0 Å². The number of benzene rings is 2. The van der Waals surface area contributed by atoms with Crippen molar-refractivity contribution in [1.82, 2.24) is 5.32 Å². The highest BCUT2D eigenvalue weighted by atomic mass is 16.5. The van der Waals surface area contributed by atoms with Crippen LogP contribution in [0.3, 0.4) is 0 Å². The molecule has 0 radical (unpaired) electrons. The maximum Gasteiger partial charge on any atom is 0.306 e. The molecule has 0 bridgehead atoms. The van der Waals surface area contributed by atoms with E-state index in [1.807, 2.05) is 20.8 Å². The van der Waals surface area contributed by atoms with E-state index in [1.165, 1.54) is 0 Å². The second-order valence-corrected chi connectivity index (χ2v) is 8.15. The van der Waals surface area contributed by atoms with E-state index in [-0.39, 0.29) is 30.4 Å². The van der Waals surface area contributed by atoms with Gasteiger partial charge >= 0.3 is 5.97 Å². The van der Waals surface area contributed by atoms with E-state index in [1.54, 1.807) is 48.5 Å². The van der Waals surface area contributed by atoms with Gasteiger partial charge in [0.05, 0.1) is 24.3 Å². The number of amides is 2. The van der Waals surface area contributed by atoms with Crippen LogP contribution in [-0.4, -0.2) is 43.3 Å². The van der Waals surface area contributed by atoms with Crippen LogP contribution in [0, 0.1) is 5.92 Å². The number of anilines is 1. The van der Waals surface area contributed by atoms with Crippen LogP contribution in [0.25, 0.3) is 0 Å². The minimum absolute atomic E-state index is 0.0333. The molecule has 2 amide bonds. The molecule has 0 fully saturated rings. The average molecular weight is 469 g/mol. The summed E-state index contributed by atoms with van der Waals surface area (Å²) in [5.74, 6) is -0.769. The minimum Gasteiger partial charge on any atom is -0.494 e. The number of ketones is 1. The molecule has 0 saturated heterocycles. The lowest BCUT2D eigenvalue weighted by molar-refractivity contribution is -0.147. The van der Waals surface area contributed by atoms with Crippen molar-refractivity contribution in [1.29, 1.82) is 0 Å². The van der Waals surface area contributed by atoms with Crippen LogP contribution in [0.4, 0.5) is 5.69 Å². The summed E-state index contributed by atoms with van der Waals surface area (Å²) < 4.78 is 10.5. The highest BCUT2D eigenvalue weighted by Crippen LogP contribution is 2.16. The first-order valence-electron chi connectivity index (χ1n) is 11.4. The summed E-state index contributed by atoms with van der Waals surface area (Å²) >= 11 is 0. The third-order valence-electron chi connectivity index (χ3n) is 4.69. The number of rotatable bonds is 13. The first kappa shape index (κ1) is 26.6. The Kier molecular flexibility index (Phi) is 10.8. The van der Waals surface area contributed by atoms with E-state index in [9.17, 15) is 19.2 Å². The molecule has 0 aromatic heterocycles. The lowest BCUT2D eigenvalue weighted by atomic mass is 10.1. The Labute approximate surface area is 200 Å². The topological polar surface area (TPSA) is 111 Å². The van der Waals surface area contributed by atoms with E-state index in [4.69, 9.17) is 9.47 Å². The normalized spacial score (nSPS) is 10.5. The molecule has 2 aromatic rings. The molecule has 0 atom stereocenters. The molecular formula is C26H32N2O6. The van der Waals surface area contributed by atoms with E-state index in [0.717, 1.165) is 6.42 Å². The molecule has 8 nitrogen and oxygen atoms in total. The molecule has 2 rings (SSSR count). The standard InChI is InChI=1S/C26H32N2O6/c1-4-15-33-20-11-9-19(10-12-20)23(29)13-14-25(31)34-17-24(30)28-22-8-6-5-7-21(22)26(32)27-16-18(2)3/h5-12,18H,4,13-17H2,1-3H3,(H,27,32)(H,28,30). The maximum atomic E-state index is 12.4. The second-order valence-electron chi connectivity index (χ2n) is 8.15. The van der Waals surface area contributed by atoms with Crippen molar-refractivity contribution < 1.29 is 28.7 Å². The Hall–Kier alpha value is -3.68. The maximum absolute atomic E-state index is 12.4. The van der Waals surface area contributed by atoms with Crippen LogP contribution in [-0.2, 0) is 14.3 Å². The largest absolute Gasteiger partial charge is 0.494 e. The monoisotopic (exact) mass is 468 g/mol. The zero-order valence-electron chi connectivity index (χ0n) is 19.9. The van der Waals surface area contributed by atoms with Crippen molar-refractivity contribution in [3.05, 3.63) is 59.7 Å². The van der Waals surface area contributed by atoms with Crippen LogP contribution in [0.15, 0.2) is 48.5 Å². The second kappa shape index (κ2) is 13.8. The molecule has 0 spiro atoms. The lowest BCUT2D eigenvalue weighted by Gasteiger charge is -2.12. The lowest BCUT2D eigenvalue weighted by Crippen LogP contribution is -2.29. The van der Waals surface area contributed by atoms with Crippen molar-refractivity contribution in [3.63, 3.8) is 0 Å². The summed E-state index contributed by atoms with van der Waals surface area (Å²) in [4.78, 5) is 48.9. The minimum atomic E-state index is -0.658. The highest BCUT2D eigenvalue weighted by molar-refractivity contribution is 6.04. The summed E-state index contributed by atoms with van der Waals surface area (Å²) in [5.41, 5.74) is 1.12. The van der Waals surface area contributed by atoms with Gasteiger partial charge in [-0.25, -0.2) is 0 Å². The van der Waals surface area contributed by atoms with Crippen molar-refractivity contribution in [2.75, 3.05) is 25.1 Å². The van der Waals surface area contributed by atoms with Gasteiger partial charge in [-0.15, -0.1) is 0 Å². The molecule has 2 aromatic carbocycles. The van der Waals surface area contributed by atoms with Gasteiger partial charge in [0.2, 0.25) is 0 Å². The molecule has 0 aliphatic heterocycles. The Morgan fingerprint density at radius 3 is 2.32 bits per heavy atom. The Balaban J connectivity index is 1.78. The van der Waals surface area contributed by atoms with Gasteiger partial charge in [0, 0.05) is 18.5 Å². The summed E-state index contributed by atoms with van der Waals surface area (Å²) in [5, 5.41) is 5.39. The number of nitrogens with one attached hydrogen (secondary N) is 2. The van der Waals surface area contributed by atoms with Gasteiger partial charge in [-0.1, -0.05) is 32.9 Å². The van der Waals surface area contributed by atoms with Gasteiger partial charge in [0.25, 0.3) is 11.8 Å². The van der Waals surface area contributed by atoms with Crippen molar-refractivity contribution in [3.8, 4) is 5.75 Å². The van der Waals surface area contributed by atoms with Crippen molar-refractivity contribution in [2.45, 2.75) is 40.0 Å². The summed E-state index contributed by atoms with van der Waals surface area (Å²) in [7, 11) is 0. The first-order valence-corrected chi connectivity index (χ1v) is 11.4. The SMILES string of the molecule is CCCOc1ccc(C(=O)CCC(=O)OCC(=O)Nc2ccccc2C(=O)NCC(C)C)cc1. The molecule has 182 valence electrons. The van der Waals surface area contributed by atoms with Crippen LogP contribution < -0.4 is 15.4 Å². The van der Waals surface area contributed by atoms with Gasteiger partial charge in [0.15, 0.2) is 12.4 Å². The average Bonchev–Trinajstić information content (AvgIpc) is 2.83. The van der Waals surface area contributed by atoms with Gasteiger partial charge in [-0.3, -0.25) is 19.2 Å². The molecule has 34 heavy (non-hydrogen) atoms. The van der Waals surface area contributed by atoms with Crippen molar-refractivity contribution >= 4 is 29.3 Å². The van der Waals surface area contributed by atoms with Gasteiger partial charge < -0.3 is 20.1 Å². The number of carbonyl (C=O) groups excluding carboxylic acids is 4. The van der Waals surface area contributed by atoms with E-state index < -0.39 is 18.5 Å². The Morgan fingerprint density at radius 1 is 0.941 bits per heavy atom. The number of esters is 1. The molecule has 0 aliphatic rings. The smallest absolute Gasteiger partial charge is 0.306 e. The third-order valence-corrected chi connectivity index (χ3v) is 4.69. The predicted octanol–water partition coefficient (Wildman–Crippen LogP) is 4.01. The Bertz CT molecular complexity index is 985. The van der Waals surface area contributed by atoms with E-state index in [2.05, 4.69) is 10.6 Å². The summed E-state index contributed by atoms with van der Waals surface area (Å²) in [6, 6.07) is 13.3. The number of para-hydroxylation sites is 1. The number of hydrogen-bond acceptors (Lipinski definition) is 6. The number of carbonyl (C=O) groups is 4. The zero-order valence-corrected chi connectivity index (χ0v) is 19.9. The van der Waals surface area contributed by atoms with Gasteiger partial charge in [-0.2, -0.15) is 0 Å². The molecule has 0 aliphatic carbocycles. The van der Waals surface area contributed by atoms with Gasteiger partial charge in [0.1, 0.15) is 5.75 Å². The van der Waals surface area contributed by atoms with E-state index in [0.29, 0.717) is 35.7 Å². The quantitative estimate of drug-likeness (QED) is 0.340. The van der Waals surface area contributed by atoms with Crippen LogP contribution >= 0.6 is 0 Å². The van der Waals surface area contributed by atoms with Gasteiger partial charge in [-0.05, 0) is 48.7 Å². The van der Waals surface area contributed by atoms with Crippen LogP contribution in [0.2, 0.25) is 0 Å². The molecular weight excluding hydrogens is 436 g/mol. The number of hydrogen-bond donors (Lipinski definition) is 2. The number of Topliss-reactive ketones (excluding diaryl/α,β-unsaturated/α-hetero) is 1. The highest BCUT2D eigenvalue weighted by Gasteiger charge is 2.15. The number of ether oxygens (including phenoxy) is 2. The fourth-order valence-corrected chi connectivity index (χ4v) is 2.90. The molecule has 0 saturated carbocycles. The molecule has 0 unspecified atom stereocenters. The zero-order chi connectivity index (χ0) is 24.9. The first-order chi connectivity index (χ1) is 16.3. The molecule has 2 N–H and O–H groups in total.